The molecule has 0 unspecified atom stereocenters. The van der Waals surface area contributed by atoms with Gasteiger partial charge in [-0.3, -0.25) is 9.59 Å². The van der Waals surface area contributed by atoms with Gasteiger partial charge in [-0.25, -0.2) is 0 Å². The van der Waals surface area contributed by atoms with Crippen molar-refractivity contribution in [3.05, 3.63) is 102 Å². The highest BCUT2D eigenvalue weighted by Crippen LogP contribution is 2.51. The Morgan fingerprint density at radius 3 is 1.91 bits per heavy atom. The predicted molar refractivity (Wildman–Crippen MR) is 173 cm³/mol. The van der Waals surface area contributed by atoms with Crippen molar-refractivity contribution in [2.24, 2.45) is 5.92 Å². The summed E-state index contributed by atoms with van der Waals surface area (Å²) in [6, 6.07) is 26.3. The third-order valence-electron chi connectivity index (χ3n) is 8.34. The smallest absolute Gasteiger partial charge is 0.303 e. The molecule has 1 saturated carbocycles. The first kappa shape index (κ1) is 33.3. The summed E-state index contributed by atoms with van der Waals surface area (Å²) in [6.45, 7) is 1.75. The van der Waals surface area contributed by atoms with Gasteiger partial charge in [-0.2, -0.15) is 0 Å². The van der Waals surface area contributed by atoms with Crippen LogP contribution in [0.1, 0.15) is 30.0 Å². The van der Waals surface area contributed by atoms with Crippen LogP contribution in [0, 0.1) is 5.92 Å². The van der Waals surface area contributed by atoms with Crippen molar-refractivity contribution in [1.82, 2.24) is 5.32 Å². The molecule has 45 heavy (non-hydrogen) atoms. The summed E-state index contributed by atoms with van der Waals surface area (Å²) in [5.74, 6) is -1.60. The second-order valence-corrected chi connectivity index (χ2v) is 12.8. The maximum absolute atomic E-state index is 13.1. The normalized spacial score (nSPS) is 29.1. The summed E-state index contributed by atoms with van der Waals surface area (Å²) < 4.78 is 30.7. The van der Waals surface area contributed by atoms with Crippen LogP contribution in [0.15, 0.2) is 84.9 Å². The van der Waals surface area contributed by atoms with E-state index in [1.807, 2.05) is 84.9 Å². The number of carbonyl (C=O) groups is 2. The molecule has 5 rings (SSSR count). The van der Waals surface area contributed by atoms with Crippen LogP contribution >= 0.6 is 22.6 Å². The van der Waals surface area contributed by atoms with E-state index in [2.05, 4.69) is 27.9 Å². The minimum Gasteiger partial charge on any atom is -0.497 e. The molecule has 1 aliphatic carbocycles. The first-order valence-corrected chi connectivity index (χ1v) is 16.0. The van der Waals surface area contributed by atoms with Crippen molar-refractivity contribution >= 4 is 34.5 Å². The standard InChI is InChI=1S/C34H38INO9/c1-21(37)36-34-26(17-27(38)39)28(35)29(40)30(31(34)42-18-22-9-5-3-6-10-22)45-33(32(34)43-19-23-11-7-4-8-12-23)44-20-24-13-15-25(41-2)16-14-24/h3-16,26,28-33,40H,17-20H2,1-2H3,(H,36,37)(H,38,39)/t26-,28-,29-,30+,31+,32+,33-,34+/m0/s1. The number of carbonyl (C=O) groups excluding carboxylic acids is 1. The molecule has 1 saturated heterocycles. The van der Waals surface area contributed by atoms with E-state index in [0.717, 1.165) is 16.7 Å². The molecule has 3 aromatic rings. The van der Waals surface area contributed by atoms with Gasteiger partial charge in [0.25, 0.3) is 0 Å². The summed E-state index contributed by atoms with van der Waals surface area (Å²) in [5, 5.41) is 24.8. The van der Waals surface area contributed by atoms with Crippen LogP contribution in [0.5, 0.6) is 5.75 Å². The lowest BCUT2D eigenvalue weighted by atomic mass is 9.62. The van der Waals surface area contributed by atoms with Gasteiger partial charge in [0.15, 0.2) is 6.29 Å². The number of ether oxygens (including phenoxy) is 5. The lowest BCUT2D eigenvalue weighted by Crippen LogP contribution is -2.83. The molecule has 1 heterocycles. The number of aliphatic carboxylic acids is 1. The molecule has 3 N–H and O–H groups in total. The maximum Gasteiger partial charge on any atom is 0.303 e. The van der Waals surface area contributed by atoms with E-state index < -0.39 is 58.0 Å². The third-order valence-corrected chi connectivity index (χ3v) is 9.95. The van der Waals surface area contributed by atoms with Gasteiger partial charge in [0.1, 0.15) is 29.6 Å². The highest BCUT2D eigenvalue weighted by atomic mass is 127. The number of nitrogens with one attached hydrogen (secondary N) is 1. The summed E-state index contributed by atoms with van der Waals surface area (Å²) in [4.78, 5) is 25.5. The molecule has 0 spiro atoms. The fourth-order valence-corrected chi connectivity index (χ4v) is 7.59. The van der Waals surface area contributed by atoms with E-state index >= 15 is 0 Å². The topological polar surface area (TPSA) is 133 Å². The van der Waals surface area contributed by atoms with Crippen molar-refractivity contribution in [3.63, 3.8) is 0 Å². The maximum atomic E-state index is 13.1. The second kappa shape index (κ2) is 15.0. The molecule has 2 fully saturated rings. The lowest BCUT2D eigenvalue weighted by molar-refractivity contribution is -0.348. The van der Waals surface area contributed by atoms with Gasteiger partial charge in [0, 0.05) is 16.8 Å². The Hall–Kier alpha value is -3.07. The van der Waals surface area contributed by atoms with Gasteiger partial charge >= 0.3 is 5.97 Å². The molecule has 2 bridgehead atoms. The second-order valence-electron chi connectivity index (χ2n) is 11.3. The molecule has 8 atom stereocenters. The molecule has 0 radical (unpaired) electrons. The molecular weight excluding hydrogens is 693 g/mol. The monoisotopic (exact) mass is 731 g/mol. The van der Waals surface area contributed by atoms with Gasteiger partial charge in [-0.1, -0.05) is 95.4 Å². The fourth-order valence-electron chi connectivity index (χ4n) is 6.33. The number of carboxylic acids is 1. The lowest BCUT2D eigenvalue weighted by Gasteiger charge is -2.62. The molecule has 3 aromatic carbocycles. The fraction of sp³-hybridized carbons (Fsp3) is 0.412. The van der Waals surface area contributed by atoms with Crippen LogP contribution in [0.3, 0.4) is 0 Å². The predicted octanol–water partition coefficient (Wildman–Crippen LogP) is 4.25. The van der Waals surface area contributed by atoms with Gasteiger partial charge in [0.2, 0.25) is 5.91 Å². The van der Waals surface area contributed by atoms with E-state index in [9.17, 15) is 19.8 Å². The number of carboxylic acid groups (broad SMARTS) is 1. The Kier molecular flexibility index (Phi) is 11.1. The molecule has 0 aromatic heterocycles. The average Bonchev–Trinajstić information content (AvgIpc) is 3.04. The quantitative estimate of drug-likeness (QED) is 0.175. The van der Waals surface area contributed by atoms with E-state index in [0.29, 0.717) is 5.75 Å². The molecule has 240 valence electrons. The molecule has 2 aliphatic rings. The average molecular weight is 732 g/mol. The van der Waals surface area contributed by atoms with Crippen LogP contribution in [0.25, 0.3) is 0 Å². The zero-order chi connectivity index (χ0) is 32.0. The summed E-state index contributed by atoms with van der Waals surface area (Å²) in [7, 11) is 1.59. The SMILES string of the molecule is COc1ccc(CO[C@H]2O[C@@H]3[C@@H](O)[C@@H](I)[C@H](CC(=O)O)[C@](NC(C)=O)([C@@H]2OCc2ccccc2)[C@@H]3OCc2ccccc2)cc1. The minimum atomic E-state index is -1.45. The number of rotatable bonds is 13. The minimum absolute atomic E-state index is 0.117. The number of benzene rings is 3. The van der Waals surface area contributed by atoms with Crippen molar-refractivity contribution in [2.45, 2.75) is 73.3 Å². The van der Waals surface area contributed by atoms with Crippen molar-refractivity contribution in [1.29, 1.82) is 0 Å². The molecule has 1 aliphatic heterocycles. The summed E-state index contributed by atoms with van der Waals surface area (Å²) in [5.41, 5.74) is 1.11. The van der Waals surface area contributed by atoms with Crippen molar-refractivity contribution < 1.29 is 43.5 Å². The number of halogens is 1. The Labute approximate surface area is 276 Å². The largest absolute Gasteiger partial charge is 0.497 e. The highest BCUT2D eigenvalue weighted by Gasteiger charge is 2.69. The van der Waals surface area contributed by atoms with Gasteiger partial charge in [-0.05, 0) is 28.8 Å². The Morgan fingerprint density at radius 1 is 0.844 bits per heavy atom. The van der Waals surface area contributed by atoms with E-state index in [-0.39, 0.29) is 26.2 Å². The van der Waals surface area contributed by atoms with Crippen LogP contribution in [-0.2, 0) is 48.4 Å². The summed E-state index contributed by atoms with van der Waals surface area (Å²) >= 11 is 2.06. The van der Waals surface area contributed by atoms with Crippen LogP contribution in [0.2, 0.25) is 0 Å². The molecular formula is C34H38INO9. The number of amides is 1. The van der Waals surface area contributed by atoms with Crippen LogP contribution in [-0.4, -0.2) is 69.4 Å². The number of hydrogen-bond acceptors (Lipinski definition) is 8. The number of alkyl halides is 1. The molecule has 10 nitrogen and oxygen atoms in total. The van der Waals surface area contributed by atoms with Crippen molar-refractivity contribution in [3.8, 4) is 5.75 Å². The highest BCUT2D eigenvalue weighted by molar-refractivity contribution is 14.1. The third kappa shape index (κ3) is 7.50. The number of methoxy groups -OCH3 is 1. The number of hydrogen-bond donors (Lipinski definition) is 3. The van der Waals surface area contributed by atoms with E-state index in [1.54, 1.807) is 7.11 Å². The number of fused-ring (bicyclic) bond motifs is 2. The Balaban J connectivity index is 1.58. The first-order valence-electron chi connectivity index (χ1n) is 14.8. The Bertz CT molecular complexity index is 1410. The van der Waals surface area contributed by atoms with Crippen LogP contribution in [0.4, 0.5) is 0 Å². The Morgan fingerprint density at radius 2 is 1.38 bits per heavy atom. The molecule has 11 heteroatoms. The molecule has 1 amide bonds. The number of aliphatic hydroxyl groups is 1. The van der Waals surface area contributed by atoms with E-state index in [1.165, 1.54) is 6.92 Å². The van der Waals surface area contributed by atoms with Crippen LogP contribution < -0.4 is 10.1 Å². The first-order chi connectivity index (χ1) is 21.7. The van der Waals surface area contributed by atoms with Gasteiger partial charge < -0.3 is 39.2 Å². The zero-order valence-corrected chi connectivity index (χ0v) is 27.2. The number of aliphatic hydroxyl groups excluding tert-OH is 1. The van der Waals surface area contributed by atoms with Gasteiger partial charge in [0.05, 0.1) is 39.5 Å². The van der Waals surface area contributed by atoms with Gasteiger partial charge in [-0.15, -0.1) is 0 Å². The van der Waals surface area contributed by atoms with Crippen molar-refractivity contribution in [2.75, 3.05) is 7.11 Å². The zero-order valence-electron chi connectivity index (χ0n) is 25.1. The summed E-state index contributed by atoms with van der Waals surface area (Å²) in [6.07, 6.45) is -5.55. The van der Waals surface area contributed by atoms with E-state index in [4.69, 9.17) is 23.7 Å².